The molecule has 1 aliphatic rings. The molecule has 0 bridgehead atoms. The Morgan fingerprint density at radius 2 is 2.00 bits per heavy atom. The van der Waals surface area contributed by atoms with Gasteiger partial charge in [-0.25, -0.2) is 8.42 Å². The van der Waals surface area contributed by atoms with Gasteiger partial charge < -0.3 is 20.1 Å². The lowest BCUT2D eigenvalue weighted by Gasteiger charge is -2.28. The van der Waals surface area contributed by atoms with Crippen LogP contribution in [0.15, 0.2) is 42.5 Å². The normalized spacial score (nSPS) is 16.5. The molecule has 2 atom stereocenters. The first kappa shape index (κ1) is 25.8. The third kappa shape index (κ3) is 6.19. The highest BCUT2D eigenvalue weighted by Crippen LogP contribution is 2.31. The minimum absolute atomic E-state index is 0.0228. The molecule has 1 aliphatic heterocycles. The molecule has 34 heavy (non-hydrogen) atoms. The number of carbonyl (C=O) groups is 2. The second kappa shape index (κ2) is 11.1. The largest absolute Gasteiger partial charge is 0.495 e. The molecule has 0 saturated carbocycles. The number of anilines is 2. The van der Waals surface area contributed by atoms with Gasteiger partial charge >= 0.3 is 0 Å². The number of sulfonamides is 1. The number of halogens is 1. The fourth-order valence-corrected chi connectivity index (χ4v) is 5.15. The lowest BCUT2D eigenvalue weighted by atomic mass is 10.1. The van der Waals surface area contributed by atoms with Crippen molar-refractivity contribution in [3.05, 3.63) is 53.1 Å². The molecule has 9 nitrogen and oxygen atoms in total. The summed E-state index contributed by atoms with van der Waals surface area (Å²) in [7, 11) is -2.41. The molecule has 2 amide bonds. The lowest BCUT2D eigenvalue weighted by molar-refractivity contribution is -0.116. The van der Waals surface area contributed by atoms with E-state index in [9.17, 15) is 18.0 Å². The summed E-state index contributed by atoms with van der Waals surface area (Å²) in [6.45, 7) is 2.51. The van der Waals surface area contributed by atoms with Gasteiger partial charge in [0.05, 0.1) is 41.4 Å². The van der Waals surface area contributed by atoms with Crippen LogP contribution in [0.2, 0.25) is 5.02 Å². The molecule has 11 heteroatoms. The van der Waals surface area contributed by atoms with Gasteiger partial charge in [-0.2, -0.15) is 0 Å². The topological polar surface area (TPSA) is 114 Å². The Labute approximate surface area is 204 Å². The summed E-state index contributed by atoms with van der Waals surface area (Å²) in [5.74, 6) is -0.600. The number of amides is 2. The van der Waals surface area contributed by atoms with Crippen LogP contribution in [0.4, 0.5) is 11.4 Å². The predicted octanol–water partition coefficient (Wildman–Crippen LogP) is 3.05. The summed E-state index contributed by atoms with van der Waals surface area (Å²) in [5.41, 5.74) is 0.739. The zero-order valence-electron chi connectivity index (χ0n) is 19.2. The number of hydrogen-bond acceptors (Lipinski definition) is 6. The van der Waals surface area contributed by atoms with Gasteiger partial charge in [0.2, 0.25) is 15.9 Å². The number of nitrogens with zero attached hydrogens (tertiary/aromatic N) is 1. The first-order chi connectivity index (χ1) is 16.1. The van der Waals surface area contributed by atoms with Gasteiger partial charge in [-0.05, 0) is 50.1 Å². The maximum atomic E-state index is 13.1. The van der Waals surface area contributed by atoms with Crippen molar-refractivity contribution >= 4 is 44.8 Å². The zero-order valence-corrected chi connectivity index (χ0v) is 20.8. The van der Waals surface area contributed by atoms with Crippen molar-refractivity contribution in [1.29, 1.82) is 0 Å². The highest BCUT2D eigenvalue weighted by Gasteiger charge is 2.30. The van der Waals surface area contributed by atoms with E-state index in [0.717, 1.165) is 23.4 Å². The number of para-hydroxylation sites is 1. The number of nitrogens with one attached hydrogen (secondary N) is 2. The van der Waals surface area contributed by atoms with Crippen molar-refractivity contribution < 1.29 is 27.5 Å². The van der Waals surface area contributed by atoms with Crippen LogP contribution in [0.3, 0.4) is 0 Å². The number of carbonyl (C=O) groups excluding carboxylic acids is 2. The van der Waals surface area contributed by atoms with Crippen molar-refractivity contribution in [2.75, 3.05) is 36.1 Å². The first-order valence-electron chi connectivity index (χ1n) is 10.7. The van der Waals surface area contributed by atoms with Gasteiger partial charge in [-0.1, -0.05) is 23.7 Å². The molecule has 0 spiro atoms. The van der Waals surface area contributed by atoms with Crippen molar-refractivity contribution in [2.24, 2.45) is 0 Å². The Hall–Kier alpha value is -2.82. The van der Waals surface area contributed by atoms with Gasteiger partial charge in [0, 0.05) is 13.2 Å². The van der Waals surface area contributed by atoms with Crippen molar-refractivity contribution in [3.63, 3.8) is 0 Å². The highest BCUT2D eigenvalue weighted by molar-refractivity contribution is 7.92. The zero-order chi connectivity index (χ0) is 24.9. The molecule has 0 aromatic heterocycles. The summed E-state index contributed by atoms with van der Waals surface area (Å²) in [5, 5.41) is 5.71. The lowest BCUT2D eigenvalue weighted by Crippen LogP contribution is -2.45. The van der Waals surface area contributed by atoms with E-state index < -0.39 is 22.0 Å². The minimum Gasteiger partial charge on any atom is -0.495 e. The molecule has 1 saturated heterocycles. The van der Waals surface area contributed by atoms with E-state index in [4.69, 9.17) is 21.1 Å². The second-order valence-corrected chi connectivity index (χ2v) is 10.2. The summed E-state index contributed by atoms with van der Waals surface area (Å²) < 4.78 is 36.8. The number of benzene rings is 2. The maximum Gasteiger partial charge on any atom is 0.253 e. The molecule has 1 heterocycles. The average Bonchev–Trinajstić information content (AvgIpc) is 3.31. The van der Waals surface area contributed by atoms with Crippen molar-refractivity contribution in [1.82, 2.24) is 5.32 Å². The Morgan fingerprint density at radius 1 is 1.26 bits per heavy atom. The van der Waals surface area contributed by atoms with E-state index >= 15 is 0 Å². The second-order valence-electron chi connectivity index (χ2n) is 7.93. The molecule has 3 rings (SSSR count). The molecule has 2 aromatic carbocycles. The fraction of sp³-hybridized carbons (Fsp3) is 0.391. The molecule has 2 N–H and O–H groups in total. The summed E-state index contributed by atoms with van der Waals surface area (Å²) >= 11 is 6.17. The van der Waals surface area contributed by atoms with E-state index in [0.29, 0.717) is 18.9 Å². The van der Waals surface area contributed by atoms with Crippen LogP contribution < -0.4 is 19.7 Å². The maximum absolute atomic E-state index is 13.1. The molecular formula is C23H28ClN3O6S. The van der Waals surface area contributed by atoms with Gasteiger partial charge in [-0.3, -0.25) is 13.9 Å². The number of methoxy groups -OCH3 is 1. The molecular weight excluding hydrogens is 482 g/mol. The van der Waals surface area contributed by atoms with Crippen LogP contribution in [-0.4, -0.2) is 58.9 Å². The van der Waals surface area contributed by atoms with Crippen LogP contribution in [0, 0.1) is 0 Å². The first-order valence-corrected chi connectivity index (χ1v) is 13.0. The van der Waals surface area contributed by atoms with Crippen LogP contribution >= 0.6 is 11.6 Å². The average molecular weight is 510 g/mol. The van der Waals surface area contributed by atoms with E-state index in [-0.39, 0.29) is 34.0 Å². The number of ether oxygens (including phenoxy) is 2. The molecule has 0 aliphatic carbocycles. The Morgan fingerprint density at radius 3 is 2.62 bits per heavy atom. The number of rotatable bonds is 9. The van der Waals surface area contributed by atoms with E-state index in [1.54, 1.807) is 24.3 Å². The van der Waals surface area contributed by atoms with Crippen molar-refractivity contribution in [2.45, 2.75) is 31.9 Å². The quantitative estimate of drug-likeness (QED) is 0.537. The third-order valence-electron chi connectivity index (χ3n) is 5.42. The number of hydrogen-bond donors (Lipinski definition) is 2. The van der Waals surface area contributed by atoms with E-state index in [1.165, 1.54) is 32.2 Å². The molecule has 0 radical (unpaired) electrons. The SMILES string of the molecule is COc1ccc(N([C@H](C)C(=O)Nc2ccccc2C(=O)NC[C@@H]2CCCO2)S(C)(=O)=O)cc1Cl. The smallest absolute Gasteiger partial charge is 0.253 e. The Kier molecular flexibility index (Phi) is 8.40. The van der Waals surface area contributed by atoms with Gasteiger partial charge in [-0.15, -0.1) is 0 Å². The molecule has 1 fully saturated rings. The van der Waals surface area contributed by atoms with E-state index in [2.05, 4.69) is 10.6 Å². The van der Waals surface area contributed by atoms with Gasteiger partial charge in [0.1, 0.15) is 11.8 Å². The highest BCUT2D eigenvalue weighted by atomic mass is 35.5. The third-order valence-corrected chi connectivity index (χ3v) is 6.96. The Bertz CT molecular complexity index is 1150. The summed E-state index contributed by atoms with van der Waals surface area (Å²) in [4.78, 5) is 25.8. The molecule has 0 unspecified atom stereocenters. The summed E-state index contributed by atoms with van der Waals surface area (Å²) in [6, 6.07) is 9.83. The van der Waals surface area contributed by atoms with Gasteiger partial charge in [0.15, 0.2) is 0 Å². The predicted molar refractivity (Wildman–Crippen MR) is 131 cm³/mol. The van der Waals surface area contributed by atoms with Crippen LogP contribution in [-0.2, 0) is 19.6 Å². The van der Waals surface area contributed by atoms with Crippen LogP contribution in [0.25, 0.3) is 0 Å². The van der Waals surface area contributed by atoms with Crippen molar-refractivity contribution in [3.8, 4) is 5.75 Å². The summed E-state index contributed by atoms with van der Waals surface area (Å²) in [6.07, 6.45) is 2.82. The standard InChI is InChI=1S/C23H28ClN3O6S/c1-15(27(34(3,30)31)16-10-11-21(32-2)19(24)13-16)22(28)26-20-9-5-4-8-18(20)23(29)25-14-17-7-6-12-33-17/h4-5,8-11,13,15,17H,6-7,12,14H2,1-3H3,(H,25,29)(H,26,28)/t15-,17+/m1/s1. The van der Waals surface area contributed by atoms with Crippen LogP contribution in [0.1, 0.15) is 30.1 Å². The molecule has 184 valence electrons. The monoisotopic (exact) mass is 509 g/mol. The van der Waals surface area contributed by atoms with Gasteiger partial charge in [0.25, 0.3) is 5.91 Å². The van der Waals surface area contributed by atoms with E-state index in [1.807, 2.05) is 0 Å². The Balaban J connectivity index is 1.79. The minimum atomic E-state index is -3.86. The molecule has 2 aromatic rings. The van der Waals surface area contributed by atoms with Crippen LogP contribution in [0.5, 0.6) is 5.75 Å². The fourth-order valence-electron chi connectivity index (χ4n) is 3.74.